The summed E-state index contributed by atoms with van der Waals surface area (Å²) >= 11 is 5.84. The van der Waals surface area contributed by atoms with Crippen molar-refractivity contribution in [2.24, 2.45) is 17.8 Å². The van der Waals surface area contributed by atoms with Crippen LogP contribution in [0.3, 0.4) is 0 Å². The Balaban J connectivity index is 1.99. The van der Waals surface area contributed by atoms with E-state index in [9.17, 15) is 9.18 Å². The maximum absolute atomic E-state index is 14.1. The van der Waals surface area contributed by atoms with Crippen molar-refractivity contribution in [2.75, 3.05) is 7.05 Å². The molecule has 0 unspecified atom stereocenters. The summed E-state index contributed by atoms with van der Waals surface area (Å²) in [7, 11) is 3.42. The molecule has 0 saturated heterocycles. The highest BCUT2D eigenvalue weighted by Gasteiger charge is 2.21. The molecule has 2 heterocycles. The molecule has 3 N–H and O–H groups in total. The number of aromatic nitrogens is 3. The maximum atomic E-state index is 14.1. The number of hydrogen-bond donors (Lipinski definition) is 2. The second-order valence-electron chi connectivity index (χ2n) is 7.14. The molecule has 0 fully saturated rings. The van der Waals surface area contributed by atoms with Crippen molar-refractivity contribution in [2.45, 2.75) is 13.0 Å². The van der Waals surface area contributed by atoms with Gasteiger partial charge in [0.2, 0.25) is 0 Å². The van der Waals surface area contributed by atoms with Crippen molar-refractivity contribution < 1.29 is 9.18 Å². The molecule has 0 bridgehead atoms. The third kappa shape index (κ3) is 5.72. The fourth-order valence-electron chi connectivity index (χ4n) is 3.26. The Morgan fingerprint density at radius 1 is 1.30 bits per heavy atom. The molecule has 0 aliphatic carbocycles. The maximum Gasteiger partial charge on any atom is 0.270 e. The van der Waals surface area contributed by atoms with Crippen LogP contribution in [0.25, 0.3) is 12.2 Å². The number of amides is 1. The largest absolute Gasteiger partial charge is 0.405 e. The molecule has 33 heavy (non-hydrogen) atoms. The summed E-state index contributed by atoms with van der Waals surface area (Å²) in [5.74, 6) is -0.988. The van der Waals surface area contributed by atoms with E-state index in [-0.39, 0.29) is 10.7 Å². The minimum atomic E-state index is -0.645. The number of nitrogens with two attached hydrogens (primary N) is 1. The number of carbonyl (C=O) groups excluding carboxylic acids is 1. The zero-order chi connectivity index (χ0) is 24.0. The van der Waals surface area contributed by atoms with Crippen molar-refractivity contribution in [3.05, 3.63) is 93.2 Å². The molecule has 0 aliphatic rings. The van der Waals surface area contributed by atoms with Gasteiger partial charge in [-0.15, -0.1) is 0 Å². The van der Waals surface area contributed by atoms with Crippen LogP contribution in [0.5, 0.6) is 0 Å². The minimum Gasteiger partial charge on any atom is -0.405 e. The summed E-state index contributed by atoms with van der Waals surface area (Å²) in [6.45, 7) is 1.83. The van der Waals surface area contributed by atoms with Gasteiger partial charge >= 0.3 is 0 Å². The molecule has 0 spiro atoms. The van der Waals surface area contributed by atoms with Crippen LogP contribution in [0.15, 0.2) is 60.0 Å². The van der Waals surface area contributed by atoms with Crippen molar-refractivity contribution in [1.82, 2.24) is 20.1 Å². The number of pyridine rings is 1. The Kier molecular flexibility index (Phi) is 7.74. The molecule has 0 saturated carbocycles. The average Bonchev–Trinajstić information content (AvgIpc) is 3.24. The fourth-order valence-corrected chi connectivity index (χ4v) is 3.37. The van der Waals surface area contributed by atoms with Crippen LogP contribution in [-0.4, -0.2) is 33.4 Å². The SMILES string of the molecule is C/C=c1/nc(C(=O)N[C@@H](c2ccc(Cl)c(F)c2)c2cnn(C)c2)ccc1=CC(C=CN)=NC. The van der Waals surface area contributed by atoms with E-state index < -0.39 is 17.8 Å². The number of aliphatic imine (C=N–C) groups is 1. The molecular formula is C24H24ClFN6O. The average molecular weight is 467 g/mol. The first kappa shape index (κ1) is 23.9. The first-order valence-electron chi connectivity index (χ1n) is 10.1. The van der Waals surface area contributed by atoms with Gasteiger partial charge in [0.05, 0.1) is 28.3 Å². The van der Waals surface area contributed by atoms with E-state index in [0.29, 0.717) is 22.2 Å². The number of benzene rings is 1. The molecule has 0 aliphatic heterocycles. The van der Waals surface area contributed by atoms with Crippen LogP contribution in [0.4, 0.5) is 4.39 Å². The topological polar surface area (TPSA) is 98.2 Å². The highest BCUT2D eigenvalue weighted by Crippen LogP contribution is 2.25. The molecule has 170 valence electrons. The lowest BCUT2D eigenvalue weighted by Gasteiger charge is -2.18. The molecule has 1 aromatic carbocycles. The van der Waals surface area contributed by atoms with Gasteiger partial charge in [-0.2, -0.15) is 5.10 Å². The summed E-state index contributed by atoms with van der Waals surface area (Å²) in [4.78, 5) is 21.8. The lowest BCUT2D eigenvalue weighted by Crippen LogP contribution is -2.35. The van der Waals surface area contributed by atoms with Gasteiger partial charge in [0.25, 0.3) is 5.91 Å². The predicted molar refractivity (Wildman–Crippen MR) is 129 cm³/mol. The normalized spacial score (nSPS) is 14.2. The Hall–Kier alpha value is -3.78. The lowest BCUT2D eigenvalue weighted by molar-refractivity contribution is 0.0937. The van der Waals surface area contributed by atoms with E-state index in [4.69, 9.17) is 17.3 Å². The van der Waals surface area contributed by atoms with Gasteiger partial charge in [0, 0.05) is 31.1 Å². The molecule has 1 amide bonds. The quantitative estimate of drug-likeness (QED) is 0.544. The molecule has 2 aromatic heterocycles. The number of hydrogen-bond acceptors (Lipinski definition) is 5. The monoisotopic (exact) mass is 466 g/mol. The van der Waals surface area contributed by atoms with Crippen LogP contribution in [0.2, 0.25) is 5.02 Å². The summed E-state index contributed by atoms with van der Waals surface area (Å²) in [6, 6.07) is 7.18. The van der Waals surface area contributed by atoms with Crippen LogP contribution < -0.4 is 21.6 Å². The third-order valence-corrected chi connectivity index (χ3v) is 5.21. The molecular weight excluding hydrogens is 443 g/mol. The van der Waals surface area contributed by atoms with E-state index in [1.807, 2.05) is 13.0 Å². The second kappa shape index (κ2) is 10.7. The highest BCUT2D eigenvalue weighted by atomic mass is 35.5. The number of allylic oxidation sites excluding steroid dienone is 1. The zero-order valence-corrected chi connectivity index (χ0v) is 19.2. The zero-order valence-electron chi connectivity index (χ0n) is 18.5. The van der Waals surface area contributed by atoms with E-state index in [0.717, 1.165) is 5.22 Å². The number of halogens is 2. The smallest absolute Gasteiger partial charge is 0.270 e. The van der Waals surface area contributed by atoms with Crippen molar-refractivity contribution >= 4 is 35.4 Å². The van der Waals surface area contributed by atoms with Crippen LogP contribution in [0.1, 0.15) is 34.6 Å². The molecule has 3 rings (SSSR count). The molecule has 3 aromatic rings. The fraction of sp³-hybridized carbons (Fsp3) is 0.167. The number of aryl methyl sites for hydroxylation is 1. The Bertz CT molecular complexity index is 1350. The van der Waals surface area contributed by atoms with Gasteiger partial charge in [-0.1, -0.05) is 29.8 Å². The highest BCUT2D eigenvalue weighted by molar-refractivity contribution is 6.30. The van der Waals surface area contributed by atoms with E-state index in [2.05, 4.69) is 20.4 Å². The lowest BCUT2D eigenvalue weighted by atomic mass is 10.0. The van der Waals surface area contributed by atoms with Gasteiger partial charge in [-0.05, 0) is 49.0 Å². The van der Waals surface area contributed by atoms with Crippen molar-refractivity contribution in [3.8, 4) is 0 Å². The summed E-state index contributed by atoms with van der Waals surface area (Å²) in [6.07, 6.45) is 10.1. The summed E-state index contributed by atoms with van der Waals surface area (Å²) in [5.41, 5.74) is 7.57. The number of carbonyl (C=O) groups is 1. The molecule has 1 atom stereocenters. The summed E-state index contributed by atoms with van der Waals surface area (Å²) in [5, 5.41) is 8.51. The predicted octanol–water partition coefficient (Wildman–Crippen LogP) is 2.25. The summed E-state index contributed by atoms with van der Waals surface area (Å²) < 4.78 is 15.8. The van der Waals surface area contributed by atoms with Gasteiger partial charge in [-0.25, -0.2) is 9.37 Å². The number of nitrogens with zero attached hydrogens (tertiary/aromatic N) is 4. The van der Waals surface area contributed by atoms with Crippen LogP contribution in [0, 0.1) is 5.82 Å². The van der Waals surface area contributed by atoms with Gasteiger partial charge in [0.1, 0.15) is 11.5 Å². The van der Waals surface area contributed by atoms with Gasteiger partial charge in [-0.3, -0.25) is 14.5 Å². The Labute approximate surface area is 195 Å². The second-order valence-corrected chi connectivity index (χ2v) is 7.55. The third-order valence-electron chi connectivity index (χ3n) is 4.90. The van der Waals surface area contributed by atoms with E-state index in [1.54, 1.807) is 61.5 Å². The van der Waals surface area contributed by atoms with E-state index in [1.165, 1.54) is 18.3 Å². The van der Waals surface area contributed by atoms with E-state index >= 15 is 0 Å². The van der Waals surface area contributed by atoms with Crippen LogP contribution >= 0.6 is 11.6 Å². The Morgan fingerprint density at radius 3 is 2.70 bits per heavy atom. The van der Waals surface area contributed by atoms with Gasteiger partial charge < -0.3 is 11.1 Å². The number of nitrogens with one attached hydrogen (secondary N) is 1. The molecule has 9 heteroatoms. The molecule has 0 radical (unpaired) electrons. The number of rotatable bonds is 6. The van der Waals surface area contributed by atoms with Crippen molar-refractivity contribution in [1.29, 1.82) is 0 Å². The molecule has 7 nitrogen and oxygen atoms in total. The minimum absolute atomic E-state index is 0.00566. The Morgan fingerprint density at radius 2 is 2.09 bits per heavy atom. The first-order valence-corrected chi connectivity index (χ1v) is 10.5. The van der Waals surface area contributed by atoms with Crippen molar-refractivity contribution in [3.63, 3.8) is 0 Å². The van der Waals surface area contributed by atoms with Gasteiger partial charge in [0.15, 0.2) is 0 Å². The standard InChI is InChI=1S/C24H24ClFN6O/c1-4-21-15(11-18(28-2)9-10-27)6-8-22(30-21)24(33)31-23(17-13-29-32(3)14-17)16-5-7-19(25)20(26)12-16/h4-14,23H,27H2,1-3H3,(H,31,33)/b10-9?,15-11?,21-4+,28-18?/t23-/m0/s1. The first-order chi connectivity index (χ1) is 15.9. The van der Waals surface area contributed by atoms with Crippen LogP contribution in [-0.2, 0) is 7.05 Å².